The minimum Gasteiger partial charge on any atom is -0.314 e. The lowest BCUT2D eigenvalue weighted by Crippen LogP contribution is -2.55. The molecule has 0 aromatic carbocycles. The number of fused-ring (bicyclic) bond motifs is 2. The van der Waals surface area contributed by atoms with Gasteiger partial charge < -0.3 is 5.32 Å². The number of hydrogen-bond donors (Lipinski definition) is 1. The Morgan fingerprint density at radius 1 is 1.25 bits per heavy atom. The first-order valence-corrected chi connectivity index (χ1v) is 4.96. The van der Waals surface area contributed by atoms with E-state index in [9.17, 15) is 0 Å². The summed E-state index contributed by atoms with van der Waals surface area (Å²) in [5.41, 5.74) is -0.120. The molecule has 0 aromatic heterocycles. The summed E-state index contributed by atoms with van der Waals surface area (Å²) in [6, 6.07) is 0. The maximum atomic E-state index is 7.40. The molecule has 0 aliphatic heterocycles. The summed E-state index contributed by atoms with van der Waals surface area (Å²) in [4.78, 5) is 0. The molecule has 1 heteroatoms. The molecule has 0 saturated heterocycles. The number of rotatable bonds is 1. The first kappa shape index (κ1) is 5.64. The van der Waals surface area contributed by atoms with Gasteiger partial charge in [0.1, 0.15) is 0 Å². The van der Waals surface area contributed by atoms with Crippen LogP contribution in [0.4, 0.5) is 0 Å². The summed E-state index contributed by atoms with van der Waals surface area (Å²) in [5, 5.41) is 2.92. The van der Waals surface area contributed by atoms with E-state index in [4.69, 9.17) is 4.11 Å². The van der Waals surface area contributed by atoms with Crippen molar-refractivity contribution in [2.75, 3.05) is 6.98 Å². The molecule has 2 aliphatic carbocycles. The van der Waals surface area contributed by atoms with Gasteiger partial charge in [0.15, 0.2) is 0 Å². The second kappa shape index (κ2) is 2.25. The fourth-order valence-corrected chi connectivity index (χ4v) is 3.37. The van der Waals surface area contributed by atoms with Crippen molar-refractivity contribution in [1.82, 2.24) is 5.32 Å². The molecule has 0 heterocycles. The molecule has 3 atom stereocenters. The molecule has 0 radical (unpaired) electrons. The van der Waals surface area contributed by atoms with Crippen LogP contribution in [-0.2, 0) is 0 Å². The molecule has 1 N–H and O–H groups in total. The van der Waals surface area contributed by atoms with Crippen molar-refractivity contribution >= 4 is 0 Å². The first-order valence-electron chi connectivity index (χ1n) is 6.46. The van der Waals surface area contributed by atoms with Crippen molar-refractivity contribution in [2.24, 2.45) is 17.3 Å². The van der Waals surface area contributed by atoms with Crippen LogP contribution in [0.5, 0.6) is 0 Å². The lowest BCUT2D eigenvalue weighted by molar-refractivity contribution is 0.0732. The molecule has 0 unspecified atom stereocenters. The molecule has 0 amide bonds. The third-order valence-electron chi connectivity index (χ3n) is 4.87. The first-order chi connectivity index (χ1) is 6.67. The van der Waals surface area contributed by atoms with Gasteiger partial charge in [-0.1, -0.05) is 13.8 Å². The SMILES string of the molecule is [2H]C([2H])([2H])N[C@]1(C)[C@H]2CC[C@H](C2)C1(C)C. The van der Waals surface area contributed by atoms with E-state index >= 15 is 0 Å². The maximum Gasteiger partial charge on any atom is 0.0392 e. The zero-order valence-corrected chi connectivity index (χ0v) is 8.28. The predicted molar refractivity (Wildman–Crippen MR) is 52.1 cm³/mol. The average molecular weight is 170 g/mol. The zero-order valence-electron chi connectivity index (χ0n) is 11.3. The molecule has 12 heavy (non-hydrogen) atoms. The third kappa shape index (κ3) is 0.736. The van der Waals surface area contributed by atoms with Crippen LogP contribution in [0.2, 0.25) is 0 Å². The maximum absolute atomic E-state index is 7.40. The highest BCUT2D eigenvalue weighted by Gasteiger charge is 2.59. The molecule has 2 rings (SSSR count). The Hall–Kier alpha value is -0.0400. The van der Waals surface area contributed by atoms with Crippen LogP contribution in [0.15, 0.2) is 0 Å². The van der Waals surface area contributed by atoms with Crippen LogP contribution < -0.4 is 5.32 Å². The summed E-state index contributed by atoms with van der Waals surface area (Å²) in [6.45, 7) is 4.52. The van der Waals surface area contributed by atoms with E-state index < -0.39 is 6.98 Å². The molecule has 70 valence electrons. The monoisotopic (exact) mass is 170 g/mol. The highest BCUT2D eigenvalue weighted by atomic mass is 15.0. The average Bonchev–Trinajstić information content (AvgIpc) is 2.52. The van der Waals surface area contributed by atoms with E-state index in [0.717, 1.165) is 0 Å². The Morgan fingerprint density at radius 3 is 2.42 bits per heavy atom. The Kier molecular flexibility index (Phi) is 1.06. The summed E-state index contributed by atoms with van der Waals surface area (Å²) in [5.74, 6) is 1.24. The second-order valence-corrected chi connectivity index (χ2v) is 5.26. The van der Waals surface area contributed by atoms with Gasteiger partial charge in [-0.15, -0.1) is 0 Å². The standard InChI is InChI=1S/C11H21N/c1-10(2)8-5-6-9(7-8)11(10,3)12-4/h8-9,12H,5-7H2,1-4H3/t8-,9+,11-/m1/s1/i4D3. The van der Waals surface area contributed by atoms with Crippen LogP contribution in [0.1, 0.15) is 44.1 Å². The van der Waals surface area contributed by atoms with E-state index in [1.807, 2.05) is 0 Å². The summed E-state index contributed by atoms with van der Waals surface area (Å²) < 4.78 is 22.2. The molecule has 0 spiro atoms. The fourth-order valence-electron chi connectivity index (χ4n) is 3.37. The van der Waals surface area contributed by atoms with E-state index in [1.54, 1.807) is 0 Å². The topological polar surface area (TPSA) is 12.0 Å². The number of nitrogens with one attached hydrogen (secondary N) is 1. The molecule has 2 fully saturated rings. The quantitative estimate of drug-likeness (QED) is 0.637. The van der Waals surface area contributed by atoms with Crippen molar-refractivity contribution < 1.29 is 4.11 Å². The highest BCUT2D eigenvalue weighted by Crippen LogP contribution is 2.60. The largest absolute Gasteiger partial charge is 0.314 e. The van der Waals surface area contributed by atoms with Crippen LogP contribution in [0.25, 0.3) is 0 Å². The molecule has 0 aromatic rings. The Labute approximate surface area is 80.1 Å². The van der Waals surface area contributed by atoms with E-state index in [1.165, 1.54) is 19.3 Å². The number of hydrogen-bond acceptors (Lipinski definition) is 1. The second-order valence-electron chi connectivity index (χ2n) is 5.26. The summed E-state index contributed by atoms with van der Waals surface area (Å²) >= 11 is 0. The highest BCUT2D eigenvalue weighted by molar-refractivity contribution is 5.13. The van der Waals surface area contributed by atoms with Gasteiger partial charge >= 0.3 is 0 Å². The molecular weight excluding hydrogens is 146 g/mol. The van der Waals surface area contributed by atoms with Crippen molar-refractivity contribution in [1.29, 1.82) is 0 Å². The van der Waals surface area contributed by atoms with Crippen LogP contribution in [0.3, 0.4) is 0 Å². The third-order valence-corrected chi connectivity index (χ3v) is 4.87. The summed E-state index contributed by atoms with van der Waals surface area (Å²) in [6.07, 6.45) is 3.66. The van der Waals surface area contributed by atoms with Crippen molar-refractivity contribution in [3.63, 3.8) is 0 Å². The zero-order chi connectivity index (χ0) is 11.5. The fraction of sp³-hybridized carbons (Fsp3) is 1.00. The molecule has 2 saturated carbocycles. The molecule has 2 bridgehead atoms. The van der Waals surface area contributed by atoms with Gasteiger partial charge in [-0.2, -0.15) is 0 Å². The Balaban J connectivity index is 2.27. The van der Waals surface area contributed by atoms with Gasteiger partial charge in [-0.25, -0.2) is 0 Å². The van der Waals surface area contributed by atoms with Gasteiger partial charge in [0.25, 0.3) is 0 Å². The van der Waals surface area contributed by atoms with Crippen LogP contribution in [-0.4, -0.2) is 12.5 Å². The smallest absolute Gasteiger partial charge is 0.0392 e. The van der Waals surface area contributed by atoms with Gasteiger partial charge in [-0.05, 0) is 50.4 Å². The molecular formula is C11H21N. The normalized spacial score (nSPS) is 54.8. The van der Waals surface area contributed by atoms with Crippen molar-refractivity contribution in [3.05, 3.63) is 0 Å². The Morgan fingerprint density at radius 2 is 1.92 bits per heavy atom. The predicted octanol–water partition coefficient (Wildman–Crippen LogP) is 2.42. The van der Waals surface area contributed by atoms with Crippen molar-refractivity contribution in [2.45, 2.75) is 45.6 Å². The lowest BCUT2D eigenvalue weighted by Gasteiger charge is -2.47. The lowest BCUT2D eigenvalue weighted by atomic mass is 9.64. The summed E-state index contributed by atoms with van der Waals surface area (Å²) in [7, 11) is 0. The van der Waals surface area contributed by atoms with Gasteiger partial charge in [0.2, 0.25) is 0 Å². The van der Waals surface area contributed by atoms with E-state index in [0.29, 0.717) is 11.8 Å². The van der Waals surface area contributed by atoms with E-state index in [2.05, 4.69) is 26.1 Å². The van der Waals surface area contributed by atoms with Gasteiger partial charge in [0, 0.05) is 9.65 Å². The van der Waals surface area contributed by atoms with Crippen LogP contribution in [0, 0.1) is 17.3 Å². The van der Waals surface area contributed by atoms with Gasteiger partial charge in [-0.3, -0.25) is 0 Å². The van der Waals surface area contributed by atoms with Crippen LogP contribution >= 0.6 is 0 Å². The van der Waals surface area contributed by atoms with Gasteiger partial charge in [0.05, 0.1) is 0 Å². The molecule has 2 aliphatic rings. The van der Waals surface area contributed by atoms with Crippen molar-refractivity contribution in [3.8, 4) is 0 Å². The minimum atomic E-state index is -2.02. The van der Waals surface area contributed by atoms with E-state index in [-0.39, 0.29) is 11.0 Å². The molecule has 1 nitrogen and oxygen atoms in total. The minimum absolute atomic E-state index is 0.102. The Bertz CT molecular complexity index is 271.